The fraction of sp³-hybridized carbons (Fsp3) is 0.704. The highest BCUT2D eigenvalue weighted by molar-refractivity contribution is 9.13. The van der Waals surface area contributed by atoms with Gasteiger partial charge in [-0.3, -0.25) is 9.59 Å². The molecule has 0 saturated heterocycles. The molecule has 8 atom stereocenters. The van der Waals surface area contributed by atoms with Crippen LogP contribution in [0.15, 0.2) is 27.1 Å². The van der Waals surface area contributed by atoms with Gasteiger partial charge in [-0.15, -0.1) is 0 Å². The zero-order valence-electron chi connectivity index (χ0n) is 20.3. The molecule has 5 rings (SSSR count). The molecule has 0 heterocycles. The molecule has 4 saturated carbocycles. The second-order valence-electron chi connectivity index (χ2n) is 11.6. The van der Waals surface area contributed by atoms with E-state index in [2.05, 4.69) is 38.8 Å². The third-order valence-electron chi connectivity index (χ3n) is 10.0. The van der Waals surface area contributed by atoms with Crippen molar-refractivity contribution in [1.29, 1.82) is 0 Å². The lowest BCUT2D eigenvalue weighted by atomic mass is 9.44. The first-order chi connectivity index (χ1) is 16.4. The van der Waals surface area contributed by atoms with E-state index >= 15 is 0 Å². The van der Waals surface area contributed by atoms with Gasteiger partial charge in [0.1, 0.15) is 23.7 Å². The maximum Gasteiger partial charge on any atom is 0.190 e. The Morgan fingerprint density at radius 2 is 1.83 bits per heavy atom. The number of hydrogen-bond acceptors (Lipinski definition) is 6. The predicted molar refractivity (Wildman–Crippen MR) is 139 cm³/mol. The number of benzene rings is 1. The molecule has 0 unspecified atom stereocenters. The minimum Gasteiger partial charge on any atom is -0.507 e. The number of phenolic OH excluding ortho intramolecular Hbond substituents is 1. The summed E-state index contributed by atoms with van der Waals surface area (Å²) in [5.74, 6) is 0.634. The van der Waals surface area contributed by atoms with Gasteiger partial charge in [0.25, 0.3) is 0 Å². The quantitative estimate of drug-likeness (QED) is 0.381. The lowest BCUT2D eigenvalue weighted by Crippen LogP contribution is -2.62. The van der Waals surface area contributed by atoms with Crippen molar-refractivity contribution in [3.8, 4) is 5.75 Å². The molecule has 0 amide bonds. The molecule has 4 aliphatic carbocycles. The Kier molecular flexibility index (Phi) is 7.64. The second-order valence-corrected chi connectivity index (χ2v) is 13.2. The molecule has 4 fully saturated rings. The van der Waals surface area contributed by atoms with Gasteiger partial charge < -0.3 is 20.4 Å². The van der Waals surface area contributed by atoms with Crippen LogP contribution in [-0.2, 0) is 9.59 Å². The summed E-state index contributed by atoms with van der Waals surface area (Å²) < 4.78 is 1.56. The number of aliphatic hydroxyl groups excluding tert-OH is 2. The van der Waals surface area contributed by atoms with Gasteiger partial charge in [0.2, 0.25) is 0 Å². The van der Waals surface area contributed by atoms with Crippen LogP contribution in [0.1, 0.15) is 65.2 Å². The van der Waals surface area contributed by atoms with Gasteiger partial charge in [0, 0.05) is 22.2 Å². The summed E-state index contributed by atoms with van der Waals surface area (Å²) in [5, 5.41) is 39.6. The molecule has 0 aromatic heterocycles. The van der Waals surface area contributed by atoms with E-state index in [4.69, 9.17) is 5.11 Å². The van der Waals surface area contributed by atoms with Crippen LogP contribution in [0, 0.1) is 34.5 Å². The topological polar surface area (TPSA) is 115 Å². The van der Waals surface area contributed by atoms with E-state index < -0.39 is 23.4 Å². The fourth-order valence-corrected chi connectivity index (χ4v) is 8.76. The zero-order valence-corrected chi connectivity index (χ0v) is 23.5. The van der Waals surface area contributed by atoms with Crippen LogP contribution in [0.4, 0.5) is 0 Å². The molecule has 0 spiro atoms. The maximum absolute atomic E-state index is 13.4. The fourth-order valence-electron chi connectivity index (χ4n) is 8.14. The Bertz CT molecular complexity index is 980. The Balaban J connectivity index is 0.000000271. The van der Waals surface area contributed by atoms with Crippen LogP contribution in [-0.4, -0.2) is 50.3 Å². The average Bonchev–Trinajstić information content (AvgIpc) is 3.08. The van der Waals surface area contributed by atoms with Crippen molar-refractivity contribution < 1.29 is 30.0 Å². The summed E-state index contributed by atoms with van der Waals surface area (Å²) in [7, 11) is 0. The third kappa shape index (κ3) is 4.35. The maximum atomic E-state index is 13.4. The summed E-state index contributed by atoms with van der Waals surface area (Å²) in [6, 6.07) is 5.24. The molecule has 194 valence electrons. The number of aromatic hydroxyl groups is 1. The molecule has 4 aliphatic rings. The molecule has 1 aromatic carbocycles. The molecular weight excluding hydrogens is 580 g/mol. The van der Waals surface area contributed by atoms with Crippen molar-refractivity contribution >= 4 is 43.4 Å². The second kappa shape index (κ2) is 9.82. The van der Waals surface area contributed by atoms with Crippen molar-refractivity contribution in [2.75, 3.05) is 6.61 Å². The van der Waals surface area contributed by atoms with E-state index in [1.807, 2.05) is 13.0 Å². The van der Waals surface area contributed by atoms with Gasteiger partial charge in [-0.1, -0.05) is 19.9 Å². The first-order valence-corrected chi connectivity index (χ1v) is 14.2. The Morgan fingerprint density at radius 1 is 1.11 bits per heavy atom. The van der Waals surface area contributed by atoms with E-state index in [1.54, 1.807) is 12.1 Å². The lowest BCUT2D eigenvalue weighted by molar-refractivity contribution is -0.180. The number of Topliss-reactive ketones (excluding diaryl/α,β-unsaturated/α-hetero) is 2. The number of carbonyl (C=O) groups is 2. The predicted octanol–water partition coefficient (Wildman–Crippen LogP) is 4.78. The highest BCUT2D eigenvalue weighted by Crippen LogP contribution is 2.67. The SMILES string of the molecule is C[C@]12CC[C@@H](O)C[C@H]1CC[C@@H]1[C@@H]2C(=O)C[C@@]2(C)[C@H]1CC[C@]2(O)C(=O)CO.Oc1cccc(Br)c1Br. The minimum absolute atomic E-state index is 0.0154. The van der Waals surface area contributed by atoms with Crippen molar-refractivity contribution in [2.24, 2.45) is 34.5 Å². The van der Waals surface area contributed by atoms with Crippen LogP contribution in [0.3, 0.4) is 0 Å². The van der Waals surface area contributed by atoms with E-state index in [9.17, 15) is 24.9 Å². The first-order valence-electron chi connectivity index (χ1n) is 12.6. The van der Waals surface area contributed by atoms with E-state index in [1.165, 1.54) is 0 Å². The number of halogens is 2. The normalized spacial score (nSPS) is 42.3. The van der Waals surface area contributed by atoms with Crippen LogP contribution in [0.5, 0.6) is 5.75 Å². The Labute approximate surface area is 223 Å². The van der Waals surface area contributed by atoms with E-state index in [0.29, 0.717) is 16.8 Å². The summed E-state index contributed by atoms with van der Waals surface area (Å²) >= 11 is 6.42. The van der Waals surface area contributed by atoms with E-state index in [0.717, 1.165) is 43.0 Å². The highest BCUT2D eigenvalue weighted by Gasteiger charge is 2.68. The van der Waals surface area contributed by atoms with Crippen molar-refractivity contribution in [3.63, 3.8) is 0 Å². The van der Waals surface area contributed by atoms with Crippen LogP contribution in [0.25, 0.3) is 0 Å². The molecule has 1 aromatic rings. The summed E-state index contributed by atoms with van der Waals surface area (Å²) in [4.78, 5) is 25.7. The molecule has 35 heavy (non-hydrogen) atoms. The number of aliphatic hydroxyl groups is 3. The number of rotatable bonds is 2. The van der Waals surface area contributed by atoms with Gasteiger partial charge >= 0.3 is 0 Å². The van der Waals surface area contributed by atoms with Crippen LogP contribution >= 0.6 is 31.9 Å². The third-order valence-corrected chi connectivity index (χ3v) is 12.0. The minimum atomic E-state index is -1.58. The van der Waals surface area contributed by atoms with Gasteiger partial charge in [0.15, 0.2) is 5.78 Å². The molecule has 6 nitrogen and oxygen atoms in total. The van der Waals surface area contributed by atoms with Gasteiger partial charge in [-0.2, -0.15) is 0 Å². The largest absolute Gasteiger partial charge is 0.507 e. The molecule has 0 radical (unpaired) electrons. The van der Waals surface area contributed by atoms with Crippen molar-refractivity contribution in [1.82, 2.24) is 0 Å². The van der Waals surface area contributed by atoms with E-state index in [-0.39, 0.29) is 47.2 Å². The average molecular weight is 616 g/mol. The summed E-state index contributed by atoms with van der Waals surface area (Å²) in [6.45, 7) is 3.46. The van der Waals surface area contributed by atoms with Crippen LogP contribution < -0.4 is 0 Å². The number of fused-ring (bicyclic) bond motifs is 5. The lowest BCUT2D eigenvalue weighted by Gasteiger charge is -2.60. The molecule has 4 N–H and O–H groups in total. The van der Waals surface area contributed by atoms with Gasteiger partial charge in [-0.05, 0) is 112 Å². The number of hydrogen-bond donors (Lipinski definition) is 4. The van der Waals surface area contributed by atoms with Crippen molar-refractivity contribution in [2.45, 2.75) is 76.9 Å². The highest BCUT2D eigenvalue weighted by atomic mass is 79.9. The number of ketones is 2. The number of phenols is 1. The monoisotopic (exact) mass is 614 g/mol. The molecule has 0 aliphatic heterocycles. The Morgan fingerprint density at radius 3 is 2.46 bits per heavy atom. The standard InChI is InChI=1S/C21H32O5.C6H4Br2O/c1-19-7-5-13(23)9-12(19)3-4-14-15-6-8-21(26,17(25)11-22)20(15,2)10-16(24)18(14)19;7-4-2-1-3-5(9)6(4)8/h12-15,18,22-23,26H,3-11H2,1-2H3;1-3,9H/t12-,13-,14+,15+,18-,19+,20+,21+;/m1./s1. The van der Waals surface area contributed by atoms with Crippen LogP contribution in [0.2, 0.25) is 0 Å². The molecule has 8 heteroatoms. The molecule has 0 bridgehead atoms. The first kappa shape index (κ1) is 27.2. The summed E-state index contributed by atoms with van der Waals surface area (Å²) in [6.07, 6.45) is 5.47. The summed E-state index contributed by atoms with van der Waals surface area (Å²) in [5.41, 5.74) is -2.40. The van der Waals surface area contributed by atoms with Gasteiger partial charge in [0.05, 0.1) is 10.6 Å². The van der Waals surface area contributed by atoms with Gasteiger partial charge in [-0.25, -0.2) is 0 Å². The number of carbonyl (C=O) groups excluding carboxylic acids is 2. The molecular formula is C27H36Br2O6. The zero-order chi connectivity index (χ0) is 25.8. The smallest absolute Gasteiger partial charge is 0.190 e. The Hall–Kier alpha value is -0.800. The van der Waals surface area contributed by atoms with Crippen molar-refractivity contribution in [3.05, 3.63) is 27.1 Å².